The van der Waals surface area contributed by atoms with Crippen molar-refractivity contribution < 1.29 is 9.90 Å². The number of carbonyl (C=O) groups is 1. The fourth-order valence-electron chi connectivity index (χ4n) is 3.90. The number of piperidine rings is 1. The number of nitrogens with one attached hydrogen (secondary N) is 1. The van der Waals surface area contributed by atoms with Crippen LogP contribution >= 0.6 is 0 Å². The van der Waals surface area contributed by atoms with Crippen molar-refractivity contribution in [2.45, 2.75) is 39.2 Å². The molecule has 2 aliphatic rings. The van der Waals surface area contributed by atoms with Gasteiger partial charge in [-0.25, -0.2) is 4.98 Å². The molecule has 1 amide bonds. The van der Waals surface area contributed by atoms with Gasteiger partial charge in [0.05, 0.1) is 11.7 Å². The molecule has 0 unspecified atom stereocenters. The molecule has 26 heavy (non-hydrogen) atoms. The molecule has 0 aliphatic carbocycles. The van der Waals surface area contributed by atoms with E-state index in [1.807, 2.05) is 12.1 Å². The van der Waals surface area contributed by atoms with Crippen LogP contribution in [0.5, 0.6) is 0 Å². The molecule has 0 bridgehead atoms. The molecule has 0 aromatic carbocycles. The van der Waals surface area contributed by atoms with Crippen molar-refractivity contribution >= 4 is 11.7 Å². The zero-order valence-electron chi connectivity index (χ0n) is 16.0. The third kappa shape index (κ3) is 5.17. The van der Waals surface area contributed by atoms with E-state index in [9.17, 15) is 9.90 Å². The summed E-state index contributed by atoms with van der Waals surface area (Å²) in [4.78, 5) is 21.5. The molecule has 2 fully saturated rings. The van der Waals surface area contributed by atoms with Gasteiger partial charge >= 0.3 is 0 Å². The SMILES string of the molecule is CC(C)CN1CC[C@@H](CNC(=O)c2ccc(N3CCC(O)CC3)nc2)C1. The number of aliphatic hydroxyl groups excluding tert-OH is 1. The molecule has 2 N–H and O–H groups in total. The molecule has 6 nitrogen and oxygen atoms in total. The van der Waals surface area contributed by atoms with Gasteiger partial charge in [0.1, 0.15) is 5.82 Å². The number of amides is 1. The number of nitrogens with zero attached hydrogens (tertiary/aromatic N) is 3. The van der Waals surface area contributed by atoms with E-state index >= 15 is 0 Å². The van der Waals surface area contributed by atoms with Crippen LogP contribution in [0.15, 0.2) is 18.3 Å². The van der Waals surface area contributed by atoms with Crippen LogP contribution in [0.25, 0.3) is 0 Å². The lowest BCUT2D eigenvalue weighted by Gasteiger charge is -2.30. The fourth-order valence-corrected chi connectivity index (χ4v) is 3.90. The first-order valence-corrected chi connectivity index (χ1v) is 9.91. The van der Waals surface area contributed by atoms with Gasteiger partial charge in [-0.15, -0.1) is 0 Å². The summed E-state index contributed by atoms with van der Waals surface area (Å²) in [5.74, 6) is 2.08. The van der Waals surface area contributed by atoms with Crippen LogP contribution < -0.4 is 10.2 Å². The number of rotatable bonds is 6. The van der Waals surface area contributed by atoms with Crippen LogP contribution in [0.2, 0.25) is 0 Å². The van der Waals surface area contributed by atoms with Crippen LogP contribution in [0.4, 0.5) is 5.82 Å². The number of pyridine rings is 1. The number of anilines is 1. The molecular formula is C20H32N4O2. The highest BCUT2D eigenvalue weighted by Gasteiger charge is 2.23. The van der Waals surface area contributed by atoms with E-state index in [1.165, 1.54) is 0 Å². The lowest BCUT2D eigenvalue weighted by atomic mass is 10.1. The Kier molecular flexibility index (Phi) is 6.48. The second-order valence-corrected chi connectivity index (χ2v) is 8.14. The van der Waals surface area contributed by atoms with Gasteiger partial charge < -0.3 is 20.2 Å². The maximum Gasteiger partial charge on any atom is 0.252 e. The summed E-state index contributed by atoms with van der Waals surface area (Å²) in [6.45, 7) is 10.2. The van der Waals surface area contributed by atoms with Crippen LogP contribution in [0.3, 0.4) is 0 Å². The highest BCUT2D eigenvalue weighted by atomic mass is 16.3. The topological polar surface area (TPSA) is 68.7 Å². The smallest absolute Gasteiger partial charge is 0.252 e. The minimum Gasteiger partial charge on any atom is -0.393 e. The molecule has 2 aliphatic heterocycles. The number of hydrogen-bond acceptors (Lipinski definition) is 5. The Morgan fingerprint density at radius 1 is 1.27 bits per heavy atom. The predicted octanol–water partition coefficient (Wildman–Crippen LogP) is 1.75. The van der Waals surface area contributed by atoms with Crippen molar-refractivity contribution in [3.63, 3.8) is 0 Å². The molecule has 1 aromatic rings. The quantitative estimate of drug-likeness (QED) is 0.809. The maximum atomic E-state index is 12.4. The molecule has 3 heterocycles. The Morgan fingerprint density at radius 3 is 2.69 bits per heavy atom. The summed E-state index contributed by atoms with van der Waals surface area (Å²) in [5, 5.41) is 12.7. The third-order valence-electron chi connectivity index (χ3n) is 5.34. The Morgan fingerprint density at radius 2 is 2.04 bits per heavy atom. The minimum absolute atomic E-state index is 0.0413. The van der Waals surface area contributed by atoms with Gasteiger partial charge in [-0.05, 0) is 49.8 Å². The fraction of sp³-hybridized carbons (Fsp3) is 0.700. The summed E-state index contributed by atoms with van der Waals surface area (Å²) < 4.78 is 0. The summed E-state index contributed by atoms with van der Waals surface area (Å²) in [5.41, 5.74) is 0.614. The lowest BCUT2D eigenvalue weighted by Crippen LogP contribution is -2.36. The van der Waals surface area contributed by atoms with Gasteiger partial charge in [0.25, 0.3) is 5.91 Å². The van der Waals surface area contributed by atoms with Gasteiger partial charge in [-0.1, -0.05) is 13.8 Å². The minimum atomic E-state index is -0.191. The Bertz CT molecular complexity index is 582. The van der Waals surface area contributed by atoms with E-state index in [2.05, 4.69) is 33.9 Å². The average Bonchev–Trinajstić information content (AvgIpc) is 3.07. The molecule has 144 valence electrons. The van der Waals surface area contributed by atoms with Crippen LogP contribution in [0.1, 0.15) is 43.5 Å². The van der Waals surface area contributed by atoms with E-state index in [1.54, 1.807) is 6.20 Å². The lowest BCUT2D eigenvalue weighted by molar-refractivity contribution is 0.0947. The van der Waals surface area contributed by atoms with E-state index in [0.717, 1.165) is 64.3 Å². The number of likely N-dealkylation sites (tertiary alicyclic amines) is 1. The molecular weight excluding hydrogens is 328 g/mol. The summed E-state index contributed by atoms with van der Waals surface area (Å²) in [7, 11) is 0. The largest absolute Gasteiger partial charge is 0.393 e. The van der Waals surface area contributed by atoms with E-state index < -0.39 is 0 Å². The number of aromatic nitrogens is 1. The predicted molar refractivity (Wildman–Crippen MR) is 103 cm³/mol. The summed E-state index contributed by atoms with van der Waals surface area (Å²) in [6.07, 6.45) is 4.18. The van der Waals surface area contributed by atoms with Crippen molar-refractivity contribution in [1.29, 1.82) is 0 Å². The second-order valence-electron chi connectivity index (χ2n) is 8.14. The number of carbonyl (C=O) groups excluding carboxylic acids is 1. The zero-order valence-corrected chi connectivity index (χ0v) is 16.0. The van der Waals surface area contributed by atoms with Crippen molar-refractivity contribution in [2.75, 3.05) is 44.2 Å². The van der Waals surface area contributed by atoms with Gasteiger partial charge in [-0.2, -0.15) is 0 Å². The normalized spacial score (nSPS) is 22.2. The zero-order chi connectivity index (χ0) is 18.5. The molecule has 0 radical (unpaired) electrons. The first-order chi connectivity index (χ1) is 12.5. The third-order valence-corrected chi connectivity index (χ3v) is 5.34. The summed E-state index contributed by atoms with van der Waals surface area (Å²) >= 11 is 0. The second kappa shape index (κ2) is 8.82. The van der Waals surface area contributed by atoms with E-state index in [0.29, 0.717) is 17.4 Å². The molecule has 6 heteroatoms. The Balaban J connectivity index is 1.45. The Labute approximate surface area is 156 Å². The van der Waals surface area contributed by atoms with Gasteiger partial charge in [0.15, 0.2) is 0 Å². The average molecular weight is 361 g/mol. The van der Waals surface area contributed by atoms with Crippen molar-refractivity contribution in [3.8, 4) is 0 Å². The van der Waals surface area contributed by atoms with Crippen LogP contribution in [-0.2, 0) is 0 Å². The van der Waals surface area contributed by atoms with Gasteiger partial charge in [-0.3, -0.25) is 4.79 Å². The Hall–Kier alpha value is -1.66. The highest BCUT2D eigenvalue weighted by molar-refractivity contribution is 5.94. The molecule has 1 aromatic heterocycles. The number of hydrogen-bond donors (Lipinski definition) is 2. The standard InChI is InChI=1S/C20H32N4O2/c1-15(2)13-23-8-5-16(14-23)11-22-20(26)17-3-4-19(21-12-17)24-9-6-18(25)7-10-24/h3-4,12,15-16,18,25H,5-11,13-14H2,1-2H3,(H,22,26)/t16-/m0/s1. The highest BCUT2D eigenvalue weighted by Crippen LogP contribution is 2.19. The monoisotopic (exact) mass is 360 g/mol. The van der Waals surface area contributed by atoms with Gasteiger partial charge in [0, 0.05) is 38.9 Å². The number of aliphatic hydroxyl groups is 1. The van der Waals surface area contributed by atoms with Crippen LogP contribution in [-0.4, -0.2) is 66.3 Å². The molecule has 1 atom stereocenters. The molecule has 0 saturated carbocycles. The maximum absolute atomic E-state index is 12.4. The molecule has 2 saturated heterocycles. The summed E-state index contributed by atoms with van der Waals surface area (Å²) in [6, 6.07) is 3.76. The molecule has 3 rings (SSSR count). The first kappa shape index (κ1) is 19.1. The van der Waals surface area contributed by atoms with Crippen molar-refractivity contribution in [2.24, 2.45) is 11.8 Å². The van der Waals surface area contributed by atoms with Crippen molar-refractivity contribution in [1.82, 2.24) is 15.2 Å². The van der Waals surface area contributed by atoms with Crippen LogP contribution in [0, 0.1) is 11.8 Å². The molecule has 0 spiro atoms. The van der Waals surface area contributed by atoms with Gasteiger partial charge in [0.2, 0.25) is 0 Å². The van der Waals surface area contributed by atoms with Crippen molar-refractivity contribution in [3.05, 3.63) is 23.9 Å². The van der Waals surface area contributed by atoms with E-state index in [-0.39, 0.29) is 12.0 Å². The van der Waals surface area contributed by atoms with E-state index in [4.69, 9.17) is 0 Å². The first-order valence-electron chi connectivity index (χ1n) is 9.91.